The van der Waals surface area contributed by atoms with E-state index in [0.29, 0.717) is 36.9 Å². The molecule has 178 valence electrons. The first-order valence-corrected chi connectivity index (χ1v) is 10.9. The van der Waals surface area contributed by atoms with Crippen LogP contribution in [0.4, 0.5) is 18.9 Å². The highest BCUT2D eigenvalue weighted by Gasteiger charge is 2.32. The Balaban J connectivity index is 1.34. The lowest BCUT2D eigenvalue weighted by Crippen LogP contribution is -2.33. The van der Waals surface area contributed by atoms with Gasteiger partial charge in [0.1, 0.15) is 25.9 Å². The number of fused-ring (bicyclic) bond motifs is 1. The molecule has 34 heavy (non-hydrogen) atoms. The summed E-state index contributed by atoms with van der Waals surface area (Å²) in [6.45, 7) is 1.73. The fraction of sp³-hybridized carbons (Fsp3) is 0.348. The van der Waals surface area contributed by atoms with Crippen molar-refractivity contribution in [2.75, 3.05) is 31.6 Å². The van der Waals surface area contributed by atoms with Crippen molar-refractivity contribution >= 4 is 11.6 Å². The van der Waals surface area contributed by atoms with E-state index in [1.165, 1.54) is 23.4 Å². The molecule has 5 rings (SSSR count). The van der Waals surface area contributed by atoms with E-state index in [9.17, 15) is 18.0 Å². The molecule has 3 aromatic rings. The van der Waals surface area contributed by atoms with Gasteiger partial charge in [-0.1, -0.05) is 6.07 Å². The van der Waals surface area contributed by atoms with Crippen molar-refractivity contribution in [1.29, 1.82) is 0 Å². The Morgan fingerprint density at radius 2 is 1.94 bits per heavy atom. The number of benzene rings is 2. The molecular weight excluding hydrogens is 451 g/mol. The van der Waals surface area contributed by atoms with Crippen molar-refractivity contribution in [2.24, 2.45) is 0 Å². The second-order valence-corrected chi connectivity index (χ2v) is 8.15. The van der Waals surface area contributed by atoms with Gasteiger partial charge in [-0.05, 0) is 55.3 Å². The van der Waals surface area contributed by atoms with Gasteiger partial charge in [0.05, 0.1) is 23.5 Å². The zero-order chi connectivity index (χ0) is 23.7. The van der Waals surface area contributed by atoms with Crippen molar-refractivity contribution < 1.29 is 27.4 Å². The quantitative estimate of drug-likeness (QED) is 0.607. The van der Waals surface area contributed by atoms with E-state index in [-0.39, 0.29) is 18.3 Å². The topological polar surface area (TPSA) is 81.5 Å². The summed E-state index contributed by atoms with van der Waals surface area (Å²) in [6, 6.07) is 8.89. The molecule has 1 N–H and O–H groups in total. The van der Waals surface area contributed by atoms with Crippen molar-refractivity contribution in [3.8, 4) is 17.2 Å². The van der Waals surface area contributed by atoms with E-state index in [0.717, 1.165) is 30.5 Å². The number of aromatic nitrogens is 3. The van der Waals surface area contributed by atoms with Crippen molar-refractivity contribution in [2.45, 2.75) is 25.1 Å². The van der Waals surface area contributed by atoms with Crippen LogP contribution in [0.15, 0.2) is 49.1 Å². The molecule has 1 amide bonds. The van der Waals surface area contributed by atoms with Gasteiger partial charge in [-0.25, -0.2) is 9.67 Å². The predicted octanol–water partition coefficient (Wildman–Crippen LogP) is 3.83. The highest BCUT2D eigenvalue weighted by atomic mass is 19.4. The van der Waals surface area contributed by atoms with Gasteiger partial charge in [-0.15, -0.1) is 0 Å². The molecule has 8 nitrogen and oxygen atoms in total. The molecule has 3 heterocycles. The van der Waals surface area contributed by atoms with E-state index in [4.69, 9.17) is 9.47 Å². The number of rotatable bonds is 5. The zero-order valence-corrected chi connectivity index (χ0v) is 18.1. The number of likely N-dealkylation sites (tertiary alicyclic amines) is 1. The summed E-state index contributed by atoms with van der Waals surface area (Å²) in [6.07, 6.45) is -0.151. The summed E-state index contributed by atoms with van der Waals surface area (Å²) >= 11 is 0. The Labute approximate surface area is 193 Å². The van der Waals surface area contributed by atoms with Gasteiger partial charge in [-0.3, -0.25) is 9.69 Å². The maximum absolute atomic E-state index is 13.3. The molecule has 2 aromatic carbocycles. The van der Waals surface area contributed by atoms with E-state index in [1.54, 1.807) is 0 Å². The summed E-state index contributed by atoms with van der Waals surface area (Å²) in [5.74, 6) is 0.967. The standard InChI is InChI=1S/C23H22F3N5O3/c24-23(25,26)16-4-5-19(31-14-27-13-28-31)17(11-16)29-22(32)12-30-7-1-2-18(30)15-3-6-20-21(10-15)34-9-8-33-20/h3-6,10-11,13-14,18H,1-2,7-9,12H2,(H,29,32)/t18-/m0/s1. The fourth-order valence-corrected chi connectivity index (χ4v) is 4.38. The first kappa shape index (κ1) is 22.2. The molecule has 0 unspecified atom stereocenters. The molecule has 1 fully saturated rings. The van der Waals surface area contributed by atoms with Crippen LogP contribution in [-0.2, 0) is 11.0 Å². The summed E-state index contributed by atoms with van der Waals surface area (Å²) < 4.78 is 52.4. The van der Waals surface area contributed by atoms with Crippen LogP contribution < -0.4 is 14.8 Å². The van der Waals surface area contributed by atoms with Gasteiger partial charge in [0.25, 0.3) is 0 Å². The second-order valence-electron chi connectivity index (χ2n) is 8.15. The third-order valence-corrected chi connectivity index (χ3v) is 5.92. The summed E-state index contributed by atoms with van der Waals surface area (Å²) in [5.41, 5.74) is 0.461. The van der Waals surface area contributed by atoms with E-state index in [2.05, 4.69) is 15.4 Å². The van der Waals surface area contributed by atoms with Crippen molar-refractivity contribution in [3.63, 3.8) is 0 Å². The first-order chi connectivity index (χ1) is 16.4. The molecule has 0 bridgehead atoms. The van der Waals surface area contributed by atoms with Crippen LogP contribution in [0.1, 0.15) is 30.0 Å². The maximum atomic E-state index is 13.3. The minimum atomic E-state index is -4.54. The molecule has 2 aliphatic rings. The number of nitrogens with zero attached hydrogens (tertiary/aromatic N) is 4. The highest BCUT2D eigenvalue weighted by molar-refractivity contribution is 5.94. The van der Waals surface area contributed by atoms with Gasteiger partial charge in [-0.2, -0.15) is 18.3 Å². The number of ether oxygens (including phenoxy) is 2. The number of carbonyl (C=O) groups is 1. The van der Waals surface area contributed by atoms with E-state index in [1.807, 2.05) is 23.1 Å². The first-order valence-electron chi connectivity index (χ1n) is 10.9. The number of hydrogen-bond donors (Lipinski definition) is 1. The van der Waals surface area contributed by atoms with Crippen LogP contribution >= 0.6 is 0 Å². The van der Waals surface area contributed by atoms with Crippen LogP contribution in [0.5, 0.6) is 11.5 Å². The summed E-state index contributed by atoms with van der Waals surface area (Å²) in [4.78, 5) is 18.8. The third kappa shape index (κ3) is 4.56. The Hall–Kier alpha value is -3.60. The molecule has 11 heteroatoms. The largest absolute Gasteiger partial charge is 0.486 e. The maximum Gasteiger partial charge on any atom is 0.416 e. The number of carbonyl (C=O) groups excluding carboxylic acids is 1. The van der Waals surface area contributed by atoms with Gasteiger partial charge >= 0.3 is 6.18 Å². The lowest BCUT2D eigenvalue weighted by molar-refractivity contribution is -0.137. The van der Waals surface area contributed by atoms with Crippen LogP contribution in [-0.4, -0.2) is 51.9 Å². The Bertz CT molecular complexity index is 1180. The van der Waals surface area contributed by atoms with Crippen LogP contribution in [0, 0.1) is 0 Å². The number of alkyl halides is 3. The van der Waals surface area contributed by atoms with E-state index < -0.39 is 17.6 Å². The van der Waals surface area contributed by atoms with Crippen molar-refractivity contribution in [1.82, 2.24) is 19.7 Å². The molecule has 2 aliphatic heterocycles. The third-order valence-electron chi connectivity index (χ3n) is 5.92. The highest BCUT2D eigenvalue weighted by Crippen LogP contribution is 2.38. The number of halogens is 3. The predicted molar refractivity (Wildman–Crippen MR) is 116 cm³/mol. The SMILES string of the molecule is O=C(CN1CCC[C@H]1c1ccc2c(c1)OCCO2)Nc1cc(C(F)(F)F)ccc1-n1cncn1. The van der Waals surface area contributed by atoms with Crippen LogP contribution in [0.25, 0.3) is 5.69 Å². The molecule has 1 atom stereocenters. The summed E-state index contributed by atoms with van der Waals surface area (Å²) in [7, 11) is 0. The lowest BCUT2D eigenvalue weighted by atomic mass is 10.0. The second kappa shape index (κ2) is 8.98. The van der Waals surface area contributed by atoms with Gasteiger partial charge in [0, 0.05) is 6.04 Å². The van der Waals surface area contributed by atoms with Crippen molar-refractivity contribution in [3.05, 3.63) is 60.2 Å². The minimum Gasteiger partial charge on any atom is -0.486 e. The van der Waals surface area contributed by atoms with Gasteiger partial charge in [0.15, 0.2) is 11.5 Å². The Morgan fingerprint density at radius 3 is 2.71 bits per heavy atom. The molecule has 1 saturated heterocycles. The Morgan fingerprint density at radius 1 is 1.12 bits per heavy atom. The van der Waals surface area contributed by atoms with Gasteiger partial charge in [0.2, 0.25) is 5.91 Å². The number of anilines is 1. The smallest absolute Gasteiger partial charge is 0.416 e. The number of hydrogen-bond acceptors (Lipinski definition) is 6. The van der Waals surface area contributed by atoms with Gasteiger partial charge < -0.3 is 14.8 Å². The molecule has 0 saturated carbocycles. The fourth-order valence-electron chi connectivity index (χ4n) is 4.38. The zero-order valence-electron chi connectivity index (χ0n) is 18.1. The Kier molecular flexibility index (Phi) is 5.86. The average Bonchev–Trinajstić information content (AvgIpc) is 3.50. The number of nitrogens with one attached hydrogen (secondary N) is 1. The molecule has 0 aliphatic carbocycles. The average molecular weight is 473 g/mol. The molecular formula is C23H22F3N5O3. The lowest BCUT2D eigenvalue weighted by Gasteiger charge is -2.26. The van der Waals surface area contributed by atoms with E-state index >= 15 is 0 Å². The van der Waals surface area contributed by atoms with Crippen LogP contribution in [0.2, 0.25) is 0 Å². The molecule has 1 aromatic heterocycles. The normalized spacial score (nSPS) is 18.1. The molecule has 0 radical (unpaired) electrons. The summed E-state index contributed by atoms with van der Waals surface area (Å²) in [5, 5.41) is 6.62. The minimum absolute atomic E-state index is 0.00197. The number of amides is 1. The van der Waals surface area contributed by atoms with Crippen LogP contribution in [0.3, 0.4) is 0 Å². The molecule has 0 spiro atoms. The monoisotopic (exact) mass is 473 g/mol.